The Balaban J connectivity index is 0.00000392. The van der Waals surface area contributed by atoms with Crippen molar-refractivity contribution in [2.45, 2.75) is 26.2 Å². The van der Waals surface area contributed by atoms with Crippen molar-refractivity contribution in [3.05, 3.63) is 42.0 Å². The Morgan fingerprint density at radius 2 is 1.50 bits per heavy atom. The molecular formula is C21H26LiO5P. The van der Waals surface area contributed by atoms with Crippen LogP contribution in [0.15, 0.2) is 36.4 Å². The molecule has 0 atom stereocenters. The maximum absolute atomic E-state index is 12.9. The van der Waals surface area contributed by atoms with Crippen molar-refractivity contribution >= 4 is 19.4 Å². The van der Waals surface area contributed by atoms with Crippen molar-refractivity contribution in [1.29, 1.82) is 0 Å². The largest absolute Gasteiger partial charge is 1.00 e. The molecule has 0 saturated heterocycles. The average Bonchev–Trinajstić information content (AvgIpc) is 2.71. The van der Waals surface area contributed by atoms with Crippen LogP contribution in [0.25, 0.3) is 0 Å². The third-order valence-electron chi connectivity index (χ3n) is 4.01. The second-order valence-electron chi connectivity index (χ2n) is 5.87. The van der Waals surface area contributed by atoms with Crippen molar-refractivity contribution in [1.82, 2.24) is 0 Å². The molecule has 2 rings (SSSR count). The van der Waals surface area contributed by atoms with Gasteiger partial charge in [0.15, 0.2) is 0 Å². The van der Waals surface area contributed by atoms with E-state index in [2.05, 4.69) is 6.92 Å². The first-order chi connectivity index (χ1) is 13.1. The molecule has 0 fully saturated rings. The van der Waals surface area contributed by atoms with Crippen LogP contribution in [0.1, 0.15) is 36.5 Å². The predicted octanol–water partition coefficient (Wildman–Crippen LogP) is 1.70. The van der Waals surface area contributed by atoms with E-state index in [9.17, 15) is 4.79 Å². The summed E-state index contributed by atoms with van der Waals surface area (Å²) in [6.07, 6.45) is 3.38. The van der Waals surface area contributed by atoms with Crippen molar-refractivity contribution in [3.8, 4) is 23.0 Å². The zero-order valence-electron chi connectivity index (χ0n) is 17.3. The van der Waals surface area contributed by atoms with Gasteiger partial charge < -0.3 is 32.3 Å². The van der Waals surface area contributed by atoms with Crippen LogP contribution in [0.4, 0.5) is 0 Å². The molecule has 5 nitrogen and oxygen atoms in total. The van der Waals surface area contributed by atoms with Gasteiger partial charge in [-0.05, 0) is 18.6 Å². The van der Waals surface area contributed by atoms with Crippen LogP contribution in [0.2, 0.25) is 0 Å². The topological polar surface area (TPSA) is 54.0 Å². The van der Waals surface area contributed by atoms with Crippen LogP contribution in [0, 0.1) is 0 Å². The van der Waals surface area contributed by atoms with Crippen LogP contribution in [0.3, 0.4) is 0 Å². The van der Waals surface area contributed by atoms with Crippen molar-refractivity contribution in [2.24, 2.45) is 0 Å². The van der Waals surface area contributed by atoms with E-state index < -0.39 is 0 Å². The van der Waals surface area contributed by atoms with Gasteiger partial charge in [0.2, 0.25) is 0 Å². The van der Waals surface area contributed by atoms with Crippen LogP contribution in [-0.2, 0) is 0 Å². The standard InChI is InChI=1S/C21H26O5P.Li/c1-5-6-7-12-26-15-8-10-17(11-9-15)27-21(22)20-18(24-3)13-16(23-2)14-19(20)25-4;/h8-11,13-14H,5-7,12H2,1-4H3;/q-1;+1. The van der Waals surface area contributed by atoms with Crippen LogP contribution >= 0.6 is 8.58 Å². The third kappa shape index (κ3) is 6.74. The summed E-state index contributed by atoms with van der Waals surface area (Å²) in [7, 11) is 5.13. The Labute approximate surface area is 181 Å². The van der Waals surface area contributed by atoms with Gasteiger partial charge in [0.25, 0.3) is 0 Å². The minimum Gasteiger partial charge on any atom is -0.496 e. The van der Waals surface area contributed by atoms with Gasteiger partial charge in [-0.2, -0.15) is 5.30 Å². The Kier molecular flexibility index (Phi) is 11.1. The molecule has 28 heavy (non-hydrogen) atoms. The number of hydrogen-bond acceptors (Lipinski definition) is 5. The minimum atomic E-state index is -0.108. The van der Waals surface area contributed by atoms with Gasteiger partial charge in [-0.15, -0.1) is 0 Å². The average molecular weight is 396 g/mol. The summed E-state index contributed by atoms with van der Waals surface area (Å²) in [4.78, 5) is 12.9. The molecule has 0 aliphatic rings. The number of carbonyl (C=O) groups excluding carboxylic acids is 1. The molecule has 0 aliphatic heterocycles. The Morgan fingerprint density at radius 3 is 2.00 bits per heavy atom. The summed E-state index contributed by atoms with van der Waals surface area (Å²) >= 11 is 0. The van der Waals surface area contributed by atoms with E-state index in [0.717, 1.165) is 23.9 Å². The van der Waals surface area contributed by atoms with Crippen LogP contribution in [-0.4, -0.2) is 33.5 Å². The summed E-state index contributed by atoms with van der Waals surface area (Å²) in [6.45, 7) is 2.88. The zero-order valence-corrected chi connectivity index (χ0v) is 18.2. The summed E-state index contributed by atoms with van der Waals surface area (Å²) in [5, 5.41) is 0.876. The zero-order chi connectivity index (χ0) is 19.6. The van der Waals surface area contributed by atoms with Crippen LogP contribution < -0.4 is 43.1 Å². The number of ether oxygens (including phenoxy) is 4. The van der Waals surface area contributed by atoms with E-state index in [1.54, 1.807) is 19.2 Å². The van der Waals surface area contributed by atoms with Crippen molar-refractivity contribution in [2.75, 3.05) is 27.9 Å². The maximum Gasteiger partial charge on any atom is 1.00 e. The summed E-state index contributed by atoms with van der Waals surface area (Å²) < 4.78 is 21.7. The monoisotopic (exact) mass is 396 g/mol. The molecule has 0 aromatic heterocycles. The number of carbonyl (C=O) groups is 1. The molecule has 0 unspecified atom stereocenters. The second-order valence-corrected chi connectivity index (χ2v) is 7.02. The first-order valence-corrected chi connectivity index (χ1v) is 9.81. The van der Waals surface area contributed by atoms with Gasteiger partial charge in [-0.3, -0.25) is 0 Å². The minimum absolute atomic E-state index is 0. The van der Waals surface area contributed by atoms with E-state index >= 15 is 0 Å². The van der Waals surface area contributed by atoms with Crippen molar-refractivity contribution in [3.63, 3.8) is 0 Å². The summed E-state index contributed by atoms with van der Waals surface area (Å²) in [5.41, 5.74) is 0.297. The molecule has 0 spiro atoms. The molecule has 0 heterocycles. The summed E-state index contributed by atoms with van der Waals surface area (Å²) in [6, 6.07) is 10.9. The number of methoxy groups -OCH3 is 3. The molecule has 2 aromatic carbocycles. The quantitative estimate of drug-likeness (QED) is 0.329. The predicted molar refractivity (Wildman–Crippen MR) is 108 cm³/mol. The number of benzene rings is 2. The van der Waals surface area contributed by atoms with Crippen LogP contribution in [0.5, 0.6) is 23.0 Å². The Hall–Kier alpha value is -1.66. The molecule has 0 aliphatic carbocycles. The van der Waals surface area contributed by atoms with E-state index in [1.807, 2.05) is 24.3 Å². The first kappa shape index (κ1) is 24.4. The summed E-state index contributed by atoms with van der Waals surface area (Å²) in [5.74, 6) is 2.25. The number of rotatable bonds is 11. The number of hydrogen-bond donors (Lipinski definition) is 0. The molecule has 146 valence electrons. The molecule has 0 saturated carbocycles. The molecule has 2 aromatic rings. The van der Waals surface area contributed by atoms with Gasteiger partial charge in [0.05, 0.1) is 33.5 Å². The molecule has 0 amide bonds. The fourth-order valence-electron chi connectivity index (χ4n) is 2.55. The molecule has 0 N–H and O–H groups in total. The Bertz CT molecular complexity index is 724. The first-order valence-electron chi connectivity index (χ1n) is 8.91. The third-order valence-corrected chi connectivity index (χ3v) is 5.00. The molecule has 0 bridgehead atoms. The fraction of sp³-hybridized carbons (Fsp3) is 0.381. The van der Waals surface area contributed by atoms with E-state index in [-0.39, 0.29) is 24.4 Å². The van der Waals surface area contributed by atoms with Gasteiger partial charge in [-0.1, -0.05) is 31.9 Å². The smallest absolute Gasteiger partial charge is 0.496 e. The van der Waals surface area contributed by atoms with Gasteiger partial charge in [-0.25, -0.2) is 0 Å². The Morgan fingerprint density at radius 1 is 0.893 bits per heavy atom. The van der Waals surface area contributed by atoms with E-state index in [4.69, 9.17) is 18.9 Å². The van der Waals surface area contributed by atoms with Gasteiger partial charge in [0.1, 0.15) is 23.0 Å². The second kappa shape index (κ2) is 12.7. The maximum atomic E-state index is 12.9. The molecular weight excluding hydrogens is 370 g/mol. The molecule has 0 radical (unpaired) electrons. The normalized spacial score (nSPS) is 10.4. The molecule has 7 heteroatoms. The SMILES string of the molecule is CCCCCOc1ccc([P-]C(=O)c2c(OC)cc(OC)cc2OC)cc1.[Li+]. The van der Waals surface area contributed by atoms with E-state index in [1.165, 1.54) is 20.6 Å². The fourth-order valence-corrected chi connectivity index (χ4v) is 3.41. The number of unbranched alkanes of at least 4 members (excludes halogenated alkanes) is 2. The van der Waals surface area contributed by atoms with Crippen molar-refractivity contribution < 1.29 is 42.6 Å². The van der Waals surface area contributed by atoms with Gasteiger partial charge >= 0.3 is 18.9 Å². The van der Waals surface area contributed by atoms with E-state index in [0.29, 0.717) is 38.0 Å². The van der Waals surface area contributed by atoms with Gasteiger partial charge in [0, 0.05) is 17.7 Å².